The Labute approximate surface area is 190 Å². The second kappa shape index (κ2) is 6.68. The zero-order valence-corrected chi connectivity index (χ0v) is 19.7. The first kappa shape index (κ1) is 20.7. The van der Waals surface area contributed by atoms with Crippen LogP contribution in [0.15, 0.2) is 71.6 Å². The maximum atomic E-state index is 13.2. The summed E-state index contributed by atoms with van der Waals surface area (Å²) in [6.45, 7) is 8.65. The van der Waals surface area contributed by atoms with E-state index in [0.717, 1.165) is 22.8 Å². The number of ketones is 1. The lowest BCUT2D eigenvalue weighted by atomic mass is 9.72. The molecule has 1 aliphatic carbocycles. The second-order valence-electron chi connectivity index (χ2n) is 10.3. The van der Waals surface area contributed by atoms with E-state index in [4.69, 9.17) is 0 Å². The molecule has 2 heterocycles. The Morgan fingerprint density at radius 1 is 1.00 bits per heavy atom. The molecular formula is C28H30N2O2. The summed E-state index contributed by atoms with van der Waals surface area (Å²) < 4.78 is 2.16. The van der Waals surface area contributed by atoms with Crippen LogP contribution in [0, 0.1) is 5.92 Å². The number of likely N-dealkylation sites (N-methyl/N-ethyl adjacent to an activating group) is 1. The fourth-order valence-corrected chi connectivity index (χ4v) is 5.86. The predicted octanol–water partition coefficient (Wildman–Crippen LogP) is 4.21. The number of rotatable bonds is 3. The zero-order valence-electron chi connectivity index (χ0n) is 19.7. The highest BCUT2D eigenvalue weighted by molar-refractivity contribution is 6.11. The van der Waals surface area contributed by atoms with Crippen molar-refractivity contribution in [2.75, 3.05) is 19.0 Å². The third-order valence-electron chi connectivity index (χ3n) is 7.85. The first-order valence-corrected chi connectivity index (χ1v) is 11.3. The first-order valence-electron chi connectivity index (χ1n) is 11.3. The van der Waals surface area contributed by atoms with Crippen LogP contribution >= 0.6 is 0 Å². The van der Waals surface area contributed by atoms with Gasteiger partial charge in [-0.05, 0) is 31.6 Å². The Morgan fingerprint density at radius 2 is 1.62 bits per heavy atom. The Hall–Kier alpha value is -3.14. The van der Waals surface area contributed by atoms with Crippen molar-refractivity contribution in [2.24, 2.45) is 5.92 Å². The number of hydrogen-bond acceptors (Lipinski definition) is 3. The molecule has 2 aromatic rings. The second-order valence-corrected chi connectivity index (χ2v) is 10.3. The minimum absolute atomic E-state index is 0.0321. The van der Waals surface area contributed by atoms with Gasteiger partial charge in [0.05, 0.1) is 5.41 Å². The Kier molecular flexibility index (Phi) is 4.33. The number of fused-ring (bicyclic) bond motifs is 2. The molecule has 0 radical (unpaired) electrons. The molecule has 0 aromatic heterocycles. The molecule has 5 rings (SSSR count). The number of para-hydroxylation sites is 2. The van der Waals surface area contributed by atoms with E-state index in [1.54, 1.807) is 0 Å². The predicted molar refractivity (Wildman–Crippen MR) is 126 cm³/mol. The van der Waals surface area contributed by atoms with Gasteiger partial charge in [0.25, 0.3) is 0 Å². The molecule has 1 unspecified atom stereocenters. The van der Waals surface area contributed by atoms with Crippen molar-refractivity contribution in [1.82, 2.24) is 0 Å². The largest absolute Gasteiger partial charge is 0.874 e. The van der Waals surface area contributed by atoms with Crippen LogP contribution in [0.1, 0.15) is 45.2 Å². The van der Waals surface area contributed by atoms with Crippen molar-refractivity contribution in [2.45, 2.75) is 44.9 Å². The van der Waals surface area contributed by atoms with Gasteiger partial charge < -0.3 is 10.0 Å². The summed E-state index contributed by atoms with van der Waals surface area (Å²) in [5.74, 6) is -0.643. The zero-order chi connectivity index (χ0) is 23.0. The van der Waals surface area contributed by atoms with Crippen molar-refractivity contribution in [3.05, 3.63) is 82.8 Å². The van der Waals surface area contributed by atoms with E-state index < -0.39 is 5.92 Å². The average Bonchev–Trinajstić information content (AvgIpc) is 3.09. The van der Waals surface area contributed by atoms with E-state index in [1.165, 1.54) is 11.1 Å². The molecule has 1 atom stereocenters. The molecule has 2 aromatic carbocycles. The van der Waals surface area contributed by atoms with Gasteiger partial charge in [-0.15, -0.1) is 5.76 Å². The van der Waals surface area contributed by atoms with E-state index in [1.807, 2.05) is 44.4 Å². The fourth-order valence-electron chi connectivity index (χ4n) is 5.86. The maximum Gasteiger partial charge on any atom is 0.209 e. The van der Waals surface area contributed by atoms with E-state index in [0.29, 0.717) is 12.0 Å². The van der Waals surface area contributed by atoms with Gasteiger partial charge >= 0.3 is 0 Å². The smallest absolute Gasteiger partial charge is 0.209 e. The van der Waals surface area contributed by atoms with Crippen molar-refractivity contribution >= 4 is 22.9 Å². The number of nitrogens with zero attached hydrogens (tertiary/aromatic N) is 2. The number of hydrogen-bond donors (Lipinski definition) is 0. The molecule has 164 valence electrons. The number of anilines is 1. The number of Topliss-reactive ketones (excluding diaryl/α,β-unsaturated/α-hetero) is 1. The molecule has 0 spiro atoms. The van der Waals surface area contributed by atoms with Gasteiger partial charge in [-0.3, -0.25) is 4.79 Å². The van der Waals surface area contributed by atoms with Crippen molar-refractivity contribution < 1.29 is 14.5 Å². The summed E-state index contributed by atoms with van der Waals surface area (Å²) in [6, 6.07) is 16.6. The van der Waals surface area contributed by atoms with Gasteiger partial charge in [-0.25, -0.2) is 4.58 Å². The van der Waals surface area contributed by atoms with E-state index >= 15 is 0 Å². The summed E-state index contributed by atoms with van der Waals surface area (Å²) in [6.07, 6.45) is 2.31. The Morgan fingerprint density at radius 3 is 2.25 bits per heavy atom. The normalized spacial score (nSPS) is 24.2. The third-order valence-corrected chi connectivity index (χ3v) is 7.85. The highest BCUT2D eigenvalue weighted by Gasteiger charge is 2.47. The summed E-state index contributed by atoms with van der Waals surface area (Å²) in [5, 5.41) is 13.2. The van der Waals surface area contributed by atoms with Crippen molar-refractivity contribution in [3.8, 4) is 0 Å². The number of benzene rings is 2. The van der Waals surface area contributed by atoms with Gasteiger partial charge in [-0.2, -0.15) is 0 Å². The van der Waals surface area contributed by atoms with Crippen molar-refractivity contribution in [1.29, 1.82) is 0 Å². The number of carbonyl (C=O) groups excluding carboxylic acids is 1. The van der Waals surface area contributed by atoms with Crippen LogP contribution in [-0.4, -0.2) is 30.2 Å². The average molecular weight is 427 g/mol. The van der Waals surface area contributed by atoms with Crippen LogP contribution in [0.3, 0.4) is 0 Å². The molecule has 0 saturated heterocycles. The lowest BCUT2D eigenvalue weighted by Crippen LogP contribution is -2.42. The number of allylic oxidation sites excluding steroid dienone is 4. The van der Waals surface area contributed by atoms with Crippen LogP contribution in [-0.2, 0) is 15.6 Å². The third kappa shape index (κ3) is 2.62. The standard InChI is InChI=1S/C28H30N2O2/c1-27(2)19-11-7-9-13-21(19)29(5)23(27)15-17-25(31)18(26(17)32)16-24-28(3,4)20-12-8-10-14-22(20)30(24)6/h7-15,18H,16H2,1-6H3/b23-15+. The first-order chi connectivity index (χ1) is 15.1. The monoisotopic (exact) mass is 426 g/mol. The molecular weight excluding hydrogens is 396 g/mol. The van der Waals surface area contributed by atoms with Crippen LogP contribution in [0.4, 0.5) is 11.4 Å². The molecule has 0 N–H and O–H groups in total. The highest BCUT2D eigenvalue weighted by Crippen LogP contribution is 2.48. The molecule has 0 saturated carbocycles. The summed E-state index contributed by atoms with van der Waals surface area (Å²) in [7, 11) is 4.05. The van der Waals surface area contributed by atoms with Crippen LogP contribution in [0.5, 0.6) is 0 Å². The van der Waals surface area contributed by atoms with E-state index in [-0.39, 0.29) is 22.4 Å². The number of carbonyl (C=O) groups is 1. The summed E-state index contributed by atoms with van der Waals surface area (Å²) >= 11 is 0. The Bertz CT molecular complexity index is 1260. The maximum absolute atomic E-state index is 13.2. The molecule has 4 nitrogen and oxygen atoms in total. The molecule has 0 fully saturated rings. The Balaban J connectivity index is 1.47. The van der Waals surface area contributed by atoms with E-state index in [9.17, 15) is 9.90 Å². The quantitative estimate of drug-likeness (QED) is 0.691. The minimum Gasteiger partial charge on any atom is -0.874 e. The fraction of sp³-hybridized carbons (Fsp3) is 0.357. The van der Waals surface area contributed by atoms with Gasteiger partial charge in [-0.1, -0.05) is 50.2 Å². The van der Waals surface area contributed by atoms with Crippen LogP contribution in [0.25, 0.3) is 0 Å². The lowest BCUT2D eigenvalue weighted by molar-refractivity contribution is -0.404. The van der Waals surface area contributed by atoms with E-state index in [2.05, 4.69) is 61.4 Å². The molecule has 3 aliphatic rings. The molecule has 0 bridgehead atoms. The van der Waals surface area contributed by atoms with Crippen molar-refractivity contribution in [3.63, 3.8) is 0 Å². The van der Waals surface area contributed by atoms with Crippen LogP contribution in [0.2, 0.25) is 0 Å². The highest BCUT2D eigenvalue weighted by atomic mass is 16.3. The van der Waals surface area contributed by atoms with Crippen LogP contribution < -0.4 is 10.0 Å². The van der Waals surface area contributed by atoms with Gasteiger partial charge in [0.15, 0.2) is 11.5 Å². The molecule has 0 amide bonds. The SMILES string of the molecule is CN1/C(=C/C2=C([O-])C(CC3=[N+](C)c4ccccc4C3(C)C)C2=O)C(C)(C)c2ccccc21. The molecule has 32 heavy (non-hydrogen) atoms. The summed E-state index contributed by atoms with van der Waals surface area (Å²) in [5.41, 5.74) is 6.75. The molecule has 4 heteroatoms. The van der Waals surface area contributed by atoms with Gasteiger partial charge in [0.1, 0.15) is 7.05 Å². The lowest BCUT2D eigenvalue weighted by Gasteiger charge is -2.37. The molecule has 2 aliphatic heterocycles. The van der Waals surface area contributed by atoms with Gasteiger partial charge in [0.2, 0.25) is 5.69 Å². The summed E-state index contributed by atoms with van der Waals surface area (Å²) in [4.78, 5) is 15.3. The minimum atomic E-state index is -0.579. The topological polar surface area (TPSA) is 46.4 Å². The van der Waals surface area contributed by atoms with Gasteiger partial charge in [0, 0.05) is 53.4 Å².